The van der Waals surface area contributed by atoms with Crippen molar-refractivity contribution < 1.29 is 14.6 Å². The first kappa shape index (κ1) is 25.0. The van der Waals surface area contributed by atoms with Crippen molar-refractivity contribution in [1.82, 2.24) is 29.0 Å². The molecule has 10 heteroatoms. The van der Waals surface area contributed by atoms with Gasteiger partial charge in [0.05, 0.1) is 35.3 Å². The van der Waals surface area contributed by atoms with E-state index >= 15 is 0 Å². The first-order valence-electron chi connectivity index (χ1n) is 13.1. The number of benzene rings is 1. The molecule has 4 aromatic heterocycles. The maximum Gasteiger partial charge on any atom is 0.274 e. The number of ether oxygens (including phenoxy) is 1. The summed E-state index contributed by atoms with van der Waals surface area (Å²) in [6.45, 7) is 5.80. The molecule has 1 aromatic carbocycles. The van der Waals surface area contributed by atoms with Crippen molar-refractivity contribution in [1.29, 1.82) is 0 Å². The Morgan fingerprint density at radius 2 is 2.03 bits per heavy atom. The highest BCUT2D eigenvalue weighted by Gasteiger charge is 2.31. The summed E-state index contributed by atoms with van der Waals surface area (Å²) in [4.78, 5) is 24.5. The van der Waals surface area contributed by atoms with Crippen molar-refractivity contribution in [2.45, 2.75) is 39.0 Å². The molecule has 5 aromatic rings. The van der Waals surface area contributed by atoms with E-state index in [-0.39, 0.29) is 12.0 Å². The number of nitrogens with one attached hydrogen (secondary N) is 1. The highest BCUT2D eigenvalue weighted by atomic mass is 16.5. The Labute approximate surface area is 225 Å². The van der Waals surface area contributed by atoms with Crippen LogP contribution >= 0.6 is 0 Å². The summed E-state index contributed by atoms with van der Waals surface area (Å²) in [7, 11) is 1.95. The van der Waals surface area contributed by atoms with Crippen LogP contribution in [-0.2, 0) is 13.0 Å². The molecule has 0 spiro atoms. The monoisotopic (exact) mass is 525 g/mol. The minimum Gasteiger partial charge on any atom is -0.486 e. The van der Waals surface area contributed by atoms with Gasteiger partial charge in [-0.25, -0.2) is 4.98 Å². The second kappa shape index (κ2) is 10.1. The summed E-state index contributed by atoms with van der Waals surface area (Å²) in [5.74, 6) is 0.332. The lowest BCUT2D eigenvalue weighted by molar-refractivity contribution is 0.0737. The number of aromatic nitrogens is 5. The van der Waals surface area contributed by atoms with Gasteiger partial charge < -0.3 is 15.2 Å². The van der Waals surface area contributed by atoms with Crippen molar-refractivity contribution in [2.24, 2.45) is 0 Å². The molecule has 39 heavy (non-hydrogen) atoms. The smallest absolute Gasteiger partial charge is 0.274 e. The number of fused-ring (bicyclic) bond motifs is 2. The molecule has 10 nitrogen and oxygen atoms in total. The van der Waals surface area contributed by atoms with Crippen molar-refractivity contribution in [3.05, 3.63) is 83.7 Å². The van der Waals surface area contributed by atoms with Crippen LogP contribution in [0.3, 0.4) is 0 Å². The molecule has 0 bridgehead atoms. The number of carbonyl (C=O) groups excluding carboxylic acids is 1. The number of nitrogens with zero attached hydrogens (tertiary/aromatic N) is 6. The van der Waals surface area contributed by atoms with E-state index in [0.29, 0.717) is 42.4 Å². The lowest BCUT2D eigenvalue weighted by Crippen LogP contribution is -2.29. The second-order valence-corrected chi connectivity index (χ2v) is 10.1. The van der Waals surface area contributed by atoms with E-state index in [1.165, 1.54) is 0 Å². The number of rotatable bonds is 7. The molecule has 1 aliphatic heterocycles. The van der Waals surface area contributed by atoms with Gasteiger partial charge in [0.2, 0.25) is 0 Å². The fourth-order valence-corrected chi connectivity index (χ4v) is 5.24. The first-order valence-corrected chi connectivity index (χ1v) is 13.1. The molecule has 5 heterocycles. The fourth-order valence-electron chi connectivity index (χ4n) is 5.24. The molecule has 0 aliphatic carbocycles. The highest BCUT2D eigenvalue weighted by Crippen LogP contribution is 2.29. The molecular formula is C29H31N7O3. The molecule has 200 valence electrons. The van der Waals surface area contributed by atoms with Gasteiger partial charge in [-0.2, -0.15) is 5.10 Å². The normalized spacial score (nSPS) is 17.7. The van der Waals surface area contributed by atoms with Crippen molar-refractivity contribution in [3.63, 3.8) is 0 Å². The summed E-state index contributed by atoms with van der Waals surface area (Å²) in [5, 5.41) is 19.1. The Morgan fingerprint density at radius 3 is 2.79 bits per heavy atom. The largest absolute Gasteiger partial charge is 0.486 e. The lowest BCUT2D eigenvalue weighted by Gasteiger charge is -2.16. The molecular weight excluding hydrogens is 494 g/mol. The van der Waals surface area contributed by atoms with Gasteiger partial charge in [-0.3, -0.25) is 23.8 Å². The van der Waals surface area contributed by atoms with Crippen LogP contribution in [0.15, 0.2) is 60.9 Å². The summed E-state index contributed by atoms with van der Waals surface area (Å²) < 4.78 is 9.67. The minimum absolute atomic E-state index is 0.272. The number of β-amino-alcohol motifs (C(OH)–C–C–N with tert-alkyl or cyclic N) is 1. The molecule has 0 radical (unpaired) electrons. The van der Waals surface area contributed by atoms with Gasteiger partial charge in [-0.15, -0.1) is 0 Å². The Balaban J connectivity index is 1.26. The second-order valence-electron chi connectivity index (χ2n) is 10.1. The number of carbonyl (C=O) groups is 1. The van der Waals surface area contributed by atoms with Crippen LogP contribution in [0.25, 0.3) is 16.6 Å². The van der Waals surface area contributed by atoms with Crippen LogP contribution in [0.2, 0.25) is 0 Å². The predicted octanol–water partition coefficient (Wildman–Crippen LogP) is 3.30. The molecule has 0 unspecified atom stereocenters. The maximum atomic E-state index is 13.4. The fraction of sp³-hybridized carbons (Fsp3) is 0.310. The molecule has 1 saturated heterocycles. The number of imidazole rings is 1. The summed E-state index contributed by atoms with van der Waals surface area (Å²) in [5.41, 5.74) is 5.43. The van der Waals surface area contributed by atoms with Crippen LogP contribution in [0, 0.1) is 6.92 Å². The predicted molar refractivity (Wildman–Crippen MR) is 148 cm³/mol. The quantitative estimate of drug-likeness (QED) is 0.336. The number of aryl methyl sites for hydroxylation is 2. The van der Waals surface area contributed by atoms with E-state index < -0.39 is 6.10 Å². The zero-order valence-electron chi connectivity index (χ0n) is 22.2. The van der Waals surface area contributed by atoms with Gasteiger partial charge in [0.15, 0.2) is 0 Å². The summed E-state index contributed by atoms with van der Waals surface area (Å²) in [6, 6.07) is 15.4. The molecule has 6 rings (SSSR count). The zero-order valence-corrected chi connectivity index (χ0v) is 22.2. The first-order chi connectivity index (χ1) is 18.9. The lowest BCUT2D eigenvalue weighted by atomic mass is 10.1. The highest BCUT2D eigenvalue weighted by molar-refractivity contribution is 6.08. The number of likely N-dealkylation sites (tertiary alicyclic amines) is 1. The molecule has 1 aliphatic rings. The Hall–Kier alpha value is -4.28. The summed E-state index contributed by atoms with van der Waals surface area (Å²) in [6.07, 6.45) is 3.20. The van der Waals surface area contributed by atoms with E-state index in [9.17, 15) is 9.90 Å². The third kappa shape index (κ3) is 4.84. The number of anilines is 1. The van der Waals surface area contributed by atoms with Gasteiger partial charge in [-0.1, -0.05) is 19.1 Å². The maximum absolute atomic E-state index is 13.4. The third-order valence-corrected chi connectivity index (χ3v) is 7.12. The van der Waals surface area contributed by atoms with E-state index in [1.54, 1.807) is 28.9 Å². The number of aliphatic hydroxyl groups is 1. The van der Waals surface area contributed by atoms with Gasteiger partial charge in [0.25, 0.3) is 5.91 Å². The van der Waals surface area contributed by atoms with Crippen LogP contribution in [0.5, 0.6) is 5.75 Å². The van der Waals surface area contributed by atoms with Crippen molar-refractivity contribution >= 4 is 28.1 Å². The molecule has 2 N–H and O–H groups in total. The average Bonchev–Trinajstić information content (AvgIpc) is 3.59. The number of amides is 1. The van der Waals surface area contributed by atoms with Gasteiger partial charge >= 0.3 is 0 Å². The average molecular weight is 526 g/mol. The standard InChI is InChI=1S/C29H31N7O3/c1-4-21-28-22(9-6-10-23(28)36(33-21)15-19-8-5-7-18(2)31-19)32-29(38)24-14-30-27-13-20(11-12-35(24)27)39-26-17-34(3)16-25(26)37/h5-14,25-26,37H,4,15-17H2,1-3H3,(H,32,38)/t25-,26+/m1/s1. The Kier molecular flexibility index (Phi) is 6.49. The number of hydrogen-bond acceptors (Lipinski definition) is 7. The van der Waals surface area contributed by atoms with E-state index in [4.69, 9.17) is 9.84 Å². The molecule has 1 amide bonds. The van der Waals surface area contributed by atoms with E-state index in [2.05, 4.69) is 22.2 Å². The van der Waals surface area contributed by atoms with Crippen LogP contribution in [-0.4, -0.2) is 72.4 Å². The zero-order chi connectivity index (χ0) is 27.1. The number of pyridine rings is 2. The van der Waals surface area contributed by atoms with Crippen molar-refractivity contribution in [2.75, 3.05) is 25.5 Å². The third-order valence-electron chi connectivity index (χ3n) is 7.12. The molecule has 0 saturated carbocycles. The van der Waals surface area contributed by atoms with Gasteiger partial charge in [-0.05, 0) is 50.7 Å². The minimum atomic E-state index is -0.541. The summed E-state index contributed by atoms with van der Waals surface area (Å²) >= 11 is 0. The van der Waals surface area contributed by atoms with Crippen molar-refractivity contribution in [3.8, 4) is 5.75 Å². The SMILES string of the molecule is CCc1nn(Cc2cccc(C)n2)c2cccc(NC(=O)c3cnc4cc(O[C@H]5CN(C)C[C@H]5O)ccn34)c12. The topological polar surface area (TPSA) is 110 Å². The van der Waals surface area contributed by atoms with E-state index in [1.807, 2.05) is 60.0 Å². The Morgan fingerprint density at radius 1 is 1.18 bits per heavy atom. The van der Waals surface area contributed by atoms with Crippen LogP contribution in [0.1, 0.15) is 34.5 Å². The Bertz CT molecular complexity index is 1670. The van der Waals surface area contributed by atoms with Crippen LogP contribution < -0.4 is 10.1 Å². The number of hydrogen-bond donors (Lipinski definition) is 2. The van der Waals surface area contributed by atoms with Gasteiger partial charge in [0.1, 0.15) is 29.3 Å². The number of likely N-dealkylation sites (N-methyl/N-ethyl adjacent to an activating group) is 1. The van der Waals surface area contributed by atoms with Crippen LogP contribution in [0.4, 0.5) is 5.69 Å². The van der Waals surface area contributed by atoms with E-state index in [0.717, 1.165) is 34.4 Å². The molecule has 2 atom stereocenters. The van der Waals surface area contributed by atoms with Gasteiger partial charge in [0, 0.05) is 36.4 Å². The molecule has 1 fully saturated rings. The number of aliphatic hydroxyl groups excluding tert-OH is 1.